The Morgan fingerprint density at radius 2 is 1.86 bits per heavy atom. The van der Waals surface area contributed by atoms with Gasteiger partial charge in [0.25, 0.3) is 0 Å². The highest BCUT2D eigenvalue weighted by Crippen LogP contribution is 2.14. The van der Waals surface area contributed by atoms with Crippen LogP contribution in [0.15, 0.2) is 90.4 Å². The number of nitrogens with zero attached hydrogens (tertiary/aromatic N) is 2. The number of rotatable bonds is 9. The van der Waals surface area contributed by atoms with Gasteiger partial charge >= 0.3 is 5.97 Å². The summed E-state index contributed by atoms with van der Waals surface area (Å²) in [5.74, 6) is -0.517. The molecule has 1 N–H and O–H groups in total. The molecule has 0 aliphatic rings. The van der Waals surface area contributed by atoms with E-state index in [0.717, 1.165) is 16.7 Å². The van der Waals surface area contributed by atoms with Crippen molar-refractivity contribution in [3.8, 4) is 5.75 Å². The molecule has 0 atom stereocenters. The minimum atomic E-state index is -1.01. The largest absolute Gasteiger partial charge is 0.482 e. The number of benzene rings is 2. The predicted molar refractivity (Wildman–Crippen MR) is 111 cm³/mol. The number of oxime groups is 1. The first-order valence-corrected chi connectivity index (χ1v) is 8.99. The van der Waals surface area contributed by atoms with Gasteiger partial charge in [-0.05, 0) is 35.9 Å². The fourth-order valence-electron chi connectivity index (χ4n) is 2.55. The highest BCUT2D eigenvalue weighted by molar-refractivity contribution is 6.12. The Morgan fingerprint density at radius 1 is 1.03 bits per heavy atom. The fraction of sp³-hybridized carbons (Fsp3) is 0.0870. The topological polar surface area (TPSA) is 81.0 Å². The molecule has 0 amide bonds. The lowest BCUT2D eigenvalue weighted by Crippen LogP contribution is -2.09. The molecule has 29 heavy (non-hydrogen) atoms. The molecule has 0 bridgehead atoms. The zero-order valence-corrected chi connectivity index (χ0v) is 15.6. The molecule has 1 aromatic heterocycles. The Labute approximate surface area is 168 Å². The van der Waals surface area contributed by atoms with Crippen molar-refractivity contribution < 1.29 is 19.5 Å². The van der Waals surface area contributed by atoms with Gasteiger partial charge < -0.3 is 14.7 Å². The summed E-state index contributed by atoms with van der Waals surface area (Å²) in [5.41, 5.74) is 3.38. The van der Waals surface area contributed by atoms with Crippen LogP contribution in [0.25, 0.3) is 6.08 Å². The third kappa shape index (κ3) is 6.32. The van der Waals surface area contributed by atoms with Gasteiger partial charge in [0.05, 0.1) is 0 Å². The van der Waals surface area contributed by atoms with Crippen molar-refractivity contribution in [1.82, 2.24) is 4.98 Å². The predicted octanol–water partition coefficient (Wildman–Crippen LogP) is 4.03. The molecule has 2 aromatic carbocycles. The van der Waals surface area contributed by atoms with Crippen molar-refractivity contribution in [2.45, 2.75) is 0 Å². The van der Waals surface area contributed by atoms with Gasteiger partial charge in [0.15, 0.2) is 6.61 Å². The average molecular weight is 388 g/mol. The van der Waals surface area contributed by atoms with Gasteiger partial charge in [-0.2, -0.15) is 0 Å². The van der Waals surface area contributed by atoms with Gasteiger partial charge in [-0.3, -0.25) is 4.98 Å². The van der Waals surface area contributed by atoms with Crippen LogP contribution in [0.3, 0.4) is 0 Å². The minimum Gasteiger partial charge on any atom is -0.482 e. The van der Waals surface area contributed by atoms with E-state index >= 15 is 0 Å². The van der Waals surface area contributed by atoms with E-state index in [9.17, 15) is 4.79 Å². The SMILES string of the molecule is O=C(O)COc1cccc(C=CCON=C(c2ccccc2)c2cccnc2)c1. The normalized spacial score (nSPS) is 11.4. The number of hydrogen-bond donors (Lipinski definition) is 1. The maximum Gasteiger partial charge on any atom is 0.341 e. The second-order valence-corrected chi connectivity index (χ2v) is 6.00. The average Bonchev–Trinajstić information content (AvgIpc) is 2.76. The van der Waals surface area contributed by atoms with Crippen molar-refractivity contribution in [3.05, 3.63) is 102 Å². The van der Waals surface area contributed by atoms with Crippen LogP contribution in [0.1, 0.15) is 16.7 Å². The Kier molecular flexibility index (Phi) is 7.12. The minimum absolute atomic E-state index is 0.275. The summed E-state index contributed by atoms with van der Waals surface area (Å²) in [7, 11) is 0. The van der Waals surface area contributed by atoms with E-state index in [2.05, 4.69) is 10.1 Å². The number of aromatic nitrogens is 1. The van der Waals surface area contributed by atoms with E-state index < -0.39 is 5.97 Å². The molecule has 0 radical (unpaired) electrons. The molecular weight excluding hydrogens is 368 g/mol. The molecule has 3 aromatic rings. The van der Waals surface area contributed by atoms with Crippen LogP contribution in [0.5, 0.6) is 5.75 Å². The summed E-state index contributed by atoms with van der Waals surface area (Å²) in [5, 5.41) is 13.0. The second kappa shape index (κ2) is 10.4. The molecule has 0 unspecified atom stereocenters. The number of ether oxygens (including phenoxy) is 1. The van der Waals surface area contributed by atoms with Gasteiger partial charge in [-0.1, -0.05) is 53.7 Å². The zero-order valence-electron chi connectivity index (χ0n) is 15.6. The third-order valence-electron chi connectivity index (χ3n) is 3.84. The van der Waals surface area contributed by atoms with E-state index in [4.69, 9.17) is 14.7 Å². The smallest absolute Gasteiger partial charge is 0.341 e. The van der Waals surface area contributed by atoms with Gasteiger partial charge in [-0.15, -0.1) is 0 Å². The van der Waals surface area contributed by atoms with Gasteiger partial charge in [-0.25, -0.2) is 4.79 Å². The first-order valence-electron chi connectivity index (χ1n) is 8.99. The Morgan fingerprint density at radius 3 is 2.62 bits per heavy atom. The van der Waals surface area contributed by atoms with Crippen molar-refractivity contribution in [1.29, 1.82) is 0 Å². The van der Waals surface area contributed by atoms with Crippen LogP contribution < -0.4 is 4.74 Å². The van der Waals surface area contributed by atoms with Gasteiger partial charge in [0.2, 0.25) is 0 Å². The molecular formula is C23H20N2O4. The van der Waals surface area contributed by atoms with E-state index in [1.54, 1.807) is 30.6 Å². The van der Waals surface area contributed by atoms with E-state index in [1.807, 2.05) is 60.7 Å². The second-order valence-electron chi connectivity index (χ2n) is 6.00. The lowest BCUT2D eigenvalue weighted by Gasteiger charge is -2.06. The molecule has 0 saturated carbocycles. The molecule has 3 rings (SSSR count). The van der Waals surface area contributed by atoms with E-state index in [1.165, 1.54) is 0 Å². The van der Waals surface area contributed by atoms with Crippen LogP contribution in [0.2, 0.25) is 0 Å². The van der Waals surface area contributed by atoms with Crippen LogP contribution in [-0.2, 0) is 9.63 Å². The van der Waals surface area contributed by atoms with Crippen molar-refractivity contribution in [2.75, 3.05) is 13.2 Å². The molecule has 0 saturated heterocycles. The first-order chi connectivity index (χ1) is 14.2. The van der Waals surface area contributed by atoms with Crippen molar-refractivity contribution in [2.24, 2.45) is 5.16 Å². The monoisotopic (exact) mass is 388 g/mol. The zero-order chi connectivity index (χ0) is 20.3. The van der Waals surface area contributed by atoms with E-state index in [0.29, 0.717) is 11.5 Å². The maximum atomic E-state index is 10.6. The number of carbonyl (C=O) groups is 1. The molecule has 6 heteroatoms. The van der Waals surface area contributed by atoms with Crippen molar-refractivity contribution in [3.63, 3.8) is 0 Å². The molecule has 0 aliphatic heterocycles. The molecule has 0 fully saturated rings. The number of aliphatic carboxylic acids is 1. The van der Waals surface area contributed by atoms with Crippen LogP contribution in [-0.4, -0.2) is 35.0 Å². The quantitative estimate of drug-likeness (QED) is 0.340. The fourth-order valence-corrected chi connectivity index (χ4v) is 2.55. The molecule has 6 nitrogen and oxygen atoms in total. The molecule has 146 valence electrons. The van der Waals surface area contributed by atoms with Gasteiger partial charge in [0.1, 0.15) is 18.1 Å². The molecule has 1 heterocycles. The van der Waals surface area contributed by atoms with Crippen molar-refractivity contribution >= 4 is 17.8 Å². The number of pyridine rings is 1. The standard InChI is InChI=1S/C23H20N2O4/c26-22(27)17-28-21-12-4-7-18(15-21)8-6-14-29-25-23(19-9-2-1-3-10-19)20-11-5-13-24-16-20/h1-13,15-16H,14,17H2,(H,26,27). The Bertz CT molecular complexity index is 945. The summed E-state index contributed by atoms with van der Waals surface area (Å²) in [6, 6.07) is 20.7. The molecule has 0 spiro atoms. The number of carboxylic acids is 1. The van der Waals surface area contributed by atoms with Crippen LogP contribution in [0, 0.1) is 0 Å². The number of hydrogen-bond acceptors (Lipinski definition) is 5. The lowest BCUT2D eigenvalue weighted by atomic mass is 10.0. The summed E-state index contributed by atoms with van der Waals surface area (Å²) in [4.78, 5) is 20.2. The van der Waals surface area contributed by atoms with Gasteiger partial charge in [0, 0.05) is 23.5 Å². The molecule has 0 aliphatic carbocycles. The number of carboxylic acid groups (broad SMARTS) is 1. The summed E-state index contributed by atoms with van der Waals surface area (Å²) in [6.45, 7) is -0.0988. The van der Waals surface area contributed by atoms with Crippen LogP contribution >= 0.6 is 0 Å². The Hall–Kier alpha value is -3.93. The summed E-state index contributed by atoms with van der Waals surface area (Å²) >= 11 is 0. The lowest BCUT2D eigenvalue weighted by molar-refractivity contribution is -0.139. The maximum absolute atomic E-state index is 10.6. The summed E-state index contributed by atoms with van der Waals surface area (Å²) < 4.78 is 5.17. The van der Waals surface area contributed by atoms with Crippen LogP contribution in [0.4, 0.5) is 0 Å². The first kappa shape index (κ1) is 19.8. The highest BCUT2D eigenvalue weighted by Gasteiger charge is 2.07. The highest BCUT2D eigenvalue weighted by atomic mass is 16.6. The Balaban J connectivity index is 1.64. The third-order valence-corrected chi connectivity index (χ3v) is 3.84. The summed E-state index contributed by atoms with van der Waals surface area (Å²) in [6.07, 6.45) is 7.14. The van der Waals surface area contributed by atoms with E-state index in [-0.39, 0.29) is 13.2 Å².